The summed E-state index contributed by atoms with van der Waals surface area (Å²) < 4.78 is 0. The van der Waals surface area contributed by atoms with Crippen LogP contribution >= 0.6 is 0 Å². The molecule has 1 aliphatic carbocycles. The summed E-state index contributed by atoms with van der Waals surface area (Å²) in [4.78, 5) is 12.4. The molecule has 22 heavy (non-hydrogen) atoms. The highest BCUT2D eigenvalue weighted by Gasteiger charge is 2.33. The average molecular weight is 300 g/mol. The number of carbonyl (C=O) groups is 1. The van der Waals surface area contributed by atoms with Gasteiger partial charge in [-0.25, -0.2) is 10.9 Å². The van der Waals surface area contributed by atoms with Crippen molar-refractivity contribution in [3.63, 3.8) is 0 Å². The van der Waals surface area contributed by atoms with Crippen LogP contribution in [-0.2, 0) is 4.79 Å². The summed E-state index contributed by atoms with van der Waals surface area (Å²) in [6, 6.07) is 9.64. The molecule has 0 spiro atoms. The van der Waals surface area contributed by atoms with Crippen molar-refractivity contribution in [1.29, 1.82) is 0 Å². The molecule has 1 heterocycles. The third-order valence-electron chi connectivity index (χ3n) is 4.36. The quantitative estimate of drug-likeness (QED) is 0.625. The fourth-order valence-corrected chi connectivity index (χ4v) is 3.10. The van der Waals surface area contributed by atoms with E-state index < -0.39 is 0 Å². The van der Waals surface area contributed by atoms with Gasteiger partial charge in [-0.2, -0.15) is 5.53 Å². The molecule has 5 nitrogen and oxygen atoms in total. The molecule has 1 aliphatic heterocycles. The van der Waals surface area contributed by atoms with Crippen LogP contribution in [0.25, 0.3) is 0 Å². The second-order valence-corrected chi connectivity index (χ2v) is 5.93. The van der Waals surface area contributed by atoms with Gasteiger partial charge in [-0.15, -0.1) is 0 Å². The molecule has 1 aromatic carbocycles. The van der Waals surface area contributed by atoms with Crippen molar-refractivity contribution in [1.82, 2.24) is 21.7 Å². The van der Waals surface area contributed by atoms with Crippen LogP contribution in [0, 0.1) is 0 Å². The lowest BCUT2D eigenvalue weighted by atomic mass is 9.97. The Labute approximate surface area is 131 Å². The van der Waals surface area contributed by atoms with Gasteiger partial charge in [-0.1, -0.05) is 42.0 Å². The molecule has 1 fully saturated rings. The Morgan fingerprint density at radius 3 is 2.82 bits per heavy atom. The van der Waals surface area contributed by atoms with Gasteiger partial charge >= 0.3 is 0 Å². The van der Waals surface area contributed by atoms with Crippen molar-refractivity contribution in [2.24, 2.45) is 0 Å². The summed E-state index contributed by atoms with van der Waals surface area (Å²) in [6.45, 7) is 0.713. The van der Waals surface area contributed by atoms with Crippen LogP contribution in [-0.4, -0.2) is 18.5 Å². The number of carbonyl (C=O) groups excluding carboxylic acids is 1. The molecular formula is C17H24N4O. The van der Waals surface area contributed by atoms with Crippen molar-refractivity contribution < 1.29 is 4.79 Å². The van der Waals surface area contributed by atoms with E-state index in [4.69, 9.17) is 0 Å². The van der Waals surface area contributed by atoms with Gasteiger partial charge in [0.05, 0.1) is 6.04 Å². The molecule has 1 amide bonds. The van der Waals surface area contributed by atoms with Crippen molar-refractivity contribution in [2.75, 3.05) is 6.54 Å². The van der Waals surface area contributed by atoms with E-state index in [0.29, 0.717) is 6.54 Å². The second-order valence-electron chi connectivity index (χ2n) is 5.93. The highest BCUT2D eigenvalue weighted by molar-refractivity contribution is 5.83. The lowest BCUT2D eigenvalue weighted by Crippen LogP contribution is -2.45. The number of rotatable bonds is 5. The number of hydrogen-bond acceptors (Lipinski definition) is 4. The van der Waals surface area contributed by atoms with E-state index in [-0.39, 0.29) is 18.0 Å². The standard InChI is InChI=1S/C17H24N4O/c22-17(18-12-11-13-7-3-1-4-8-13)16-15(19-21-20-16)14-9-5-2-6-10-14/h2,5-7,9-10,15-16,19-21H,1,3-4,8,11-12H2,(H,18,22). The normalized spacial score (nSPS) is 24.8. The predicted octanol–water partition coefficient (Wildman–Crippen LogP) is 1.72. The summed E-state index contributed by atoms with van der Waals surface area (Å²) in [6.07, 6.45) is 8.27. The summed E-state index contributed by atoms with van der Waals surface area (Å²) >= 11 is 0. The van der Waals surface area contributed by atoms with Gasteiger partial charge in [0, 0.05) is 6.54 Å². The number of nitrogens with one attached hydrogen (secondary N) is 4. The Kier molecular flexibility index (Phi) is 5.21. The first-order chi connectivity index (χ1) is 10.8. The minimum absolute atomic E-state index is 0.0303. The molecule has 118 valence electrons. The minimum Gasteiger partial charge on any atom is -0.354 e. The number of allylic oxidation sites excluding steroid dienone is 1. The van der Waals surface area contributed by atoms with Crippen molar-refractivity contribution >= 4 is 5.91 Å². The van der Waals surface area contributed by atoms with Crippen LogP contribution in [0.3, 0.4) is 0 Å². The van der Waals surface area contributed by atoms with Gasteiger partial charge in [0.25, 0.3) is 0 Å². The van der Waals surface area contributed by atoms with Gasteiger partial charge in [0.1, 0.15) is 6.04 Å². The molecule has 2 aliphatic rings. The van der Waals surface area contributed by atoms with Crippen LogP contribution in [0.4, 0.5) is 0 Å². The van der Waals surface area contributed by atoms with Crippen molar-refractivity contribution in [2.45, 2.75) is 44.2 Å². The SMILES string of the molecule is O=C(NCCC1=CCCCC1)C1NNNC1c1ccccc1. The molecule has 5 heteroatoms. The Morgan fingerprint density at radius 2 is 2.05 bits per heavy atom. The first-order valence-electron chi connectivity index (χ1n) is 8.11. The Balaban J connectivity index is 1.51. The highest BCUT2D eigenvalue weighted by Crippen LogP contribution is 2.20. The van der Waals surface area contributed by atoms with E-state index in [1.807, 2.05) is 30.3 Å². The van der Waals surface area contributed by atoms with E-state index in [0.717, 1.165) is 12.0 Å². The van der Waals surface area contributed by atoms with Gasteiger partial charge < -0.3 is 5.32 Å². The number of hydrazine groups is 2. The maximum Gasteiger partial charge on any atom is 0.240 e. The Morgan fingerprint density at radius 1 is 1.18 bits per heavy atom. The zero-order valence-electron chi connectivity index (χ0n) is 12.8. The molecule has 1 saturated heterocycles. The molecular weight excluding hydrogens is 276 g/mol. The third kappa shape index (κ3) is 3.74. The van der Waals surface area contributed by atoms with E-state index in [9.17, 15) is 4.79 Å². The van der Waals surface area contributed by atoms with E-state index in [1.165, 1.54) is 31.3 Å². The molecule has 2 atom stereocenters. The first kappa shape index (κ1) is 15.2. The lowest BCUT2D eigenvalue weighted by Gasteiger charge is -2.18. The monoisotopic (exact) mass is 300 g/mol. The maximum absolute atomic E-state index is 12.4. The second kappa shape index (κ2) is 7.54. The molecule has 3 rings (SSSR count). The minimum atomic E-state index is -0.303. The van der Waals surface area contributed by atoms with Gasteiger partial charge in [-0.3, -0.25) is 4.79 Å². The molecule has 0 radical (unpaired) electrons. The number of benzene rings is 1. The largest absolute Gasteiger partial charge is 0.354 e. The van der Waals surface area contributed by atoms with Gasteiger partial charge in [0.15, 0.2) is 0 Å². The third-order valence-corrected chi connectivity index (χ3v) is 4.36. The van der Waals surface area contributed by atoms with Crippen LogP contribution < -0.4 is 21.7 Å². The smallest absolute Gasteiger partial charge is 0.240 e. The fourth-order valence-electron chi connectivity index (χ4n) is 3.10. The molecule has 4 N–H and O–H groups in total. The number of hydrogen-bond donors (Lipinski definition) is 4. The topological polar surface area (TPSA) is 65.2 Å². The maximum atomic E-state index is 12.4. The highest BCUT2D eigenvalue weighted by atomic mass is 16.2. The molecule has 0 aromatic heterocycles. The van der Waals surface area contributed by atoms with Crippen LogP contribution in [0.1, 0.15) is 43.7 Å². The zero-order valence-corrected chi connectivity index (χ0v) is 12.8. The fraction of sp³-hybridized carbons (Fsp3) is 0.471. The first-order valence-corrected chi connectivity index (χ1v) is 8.11. The summed E-state index contributed by atoms with van der Waals surface area (Å²) in [5.74, 6) is 0.0303. The summed E-state index contributed by atoms with van der Waals surface area (Å²) in [5, 5.41) is 3.05. The zero-order chi connectivity index (χ0) is 15.2. The molecule has 0 bridgehead atoms. The summed E-state index contributed by atoms with van der Waals surface area (Å²) in [7, 11) is 0. The molecule has 0 saturated carbocycles. The molecule has 1 aromatic rings. The van der Waals surface area contributed by atoms with Gasteiger partial charge in [0.2, 0.25) is 5.91 Å². The van der Waals surface area contributed by atoms with Gasteiger partial charge in [-0.05, 0) is 37.7 Å². The Hall–Kier alpha value is -1.69. The van der Waals surface area contributed by atoms with E-state index in [2.05, 4.69) is 27.8 Å². The van der Waals surface area contributed by atoms with E-state index in [1.54, 1.807) is 0 Å². The Bertz CT molecular complexity index is 529. The van der Waals surface area contributed by atoms with Crippen LogP contribution in [0.15, 0.2) is 42.0 Å². The summed E-state index contributed by atoms with van der Waals surface area (Å²) in [5.41, 5.74) is 11.6. The van der Waals surface area contributed by atoms with Crippen LogP contribution in [0.2, 0.25) is 0 Å². The average Bonchev–Trinajstić information content (AvgIpc) is 3.06. The van der Waals surface area contributed by atoms with Crippen LogP contribution in [0.5, 0.6) is 0 Å². The van der Waals surface area contributed by atoms with Crippen molar-refractivity contribution in [3.05, 3.63) is 47.5 Å². The lowest BCUT2D eigenvalue weighted by molar-refractivity contribution is -0.123. The number of amides is 1. The predicted molar refractivity (Wildman–Crippen MR) is 86.6 cm³/mol. The van der Waals surface area contributed by atoms with Crippen molar-refractivity contribution in [3.8, 4) is 0 Å². The molecule has 2 unspecified atom stereocenters. The van der Waals surface area contributed by atoms with E-state index >= 15 is 0 Å².